The number of pyridine rings is 1. The molecule has 0 bridgehead atoms. The van der Waals surface area contributed by atoms with Crippen molar-refractivity contribution in [3.05, 3.63) is 58.9 Å². The van der Waals surface area contributed by atoms with Crippen LogP contribution in [-0.4, -0.2) is 11.0 Å². The summed E-state index contributed by atoms with van der Waals surface area (Å²) in [6.07, 6.45) is 3.77. The van der Waals surface area contributed by atoms with E-state index in [1.165, 1.54) is 0 Å². The van der Waals surface area contributed by atoms with E-state index in [2.05, 4.69) is 27.5 Å². The number of hydrogen-bond donors (Lipinski definition) is 2. The molecule has 4 nitrogen and oxygen atoms in total. The number of nitrogens with zero attached hydrogens (tertiary/aromatic N) is 1. The maximum Gasteiger partial charge on any atom is 0.320 e. The first kappa shape index (κ1) is 14.1. The van der Waals surface area contributed by atoms with E-state index in [1.807, 2.05) is 30.3 Å². The summed E-state index contributed by atoms with van der Waals surface area (Å²) in [7, 11) is 0. The van der Waals surface area contributed by atoms with Gasteiger partial charge in [0.05, 0.1) is 0 Å². The molecule has 0 radical (unpaired) electrons. The molecule has 1 aromatic heterocycles. The van der Waals surface area contributed by atoms with Crippen molar-refractivity contribution in [3.8, 4) is 11.8 Å². The molecule has 1 fully saturated rings. The summed E-state index contributed by atoms with van der Waals surface area (Å²) in [5.41, 5.74) is 1.67. The predicted octanol–water partition coefficient (Wildman–Crippen LogP) is 3.53. The van der Waals surface area contributed by atoms with E-state index in [0.717, 1.165) is 24.1 Å². The maximum atomic E-state index is 12.1. The first-order valence-corrected chi connectivity index (χ1v) is 7.88. The summed E-state index contributed by atoms with van der Waals surface area (Å²) >= 11 is 6.18. The van der Waals surface area contributed by atoms with Crippen molar-refractivity contribution in [1.82, 2.24) is 10.3 Å². The Labute approximate surface area is 139 Å². The Kier molecular flexibility index (Phi) is 3.24. The summed E-state index contributed by atoms with van der Waals surface area (Å²) < 4.78 is 0. The molecule has 1 aromatic carbocycles. The molecule has 0 saturated heterocycles. The fourth-order valence-corrected chi connectivity index (χ4v) is 3.16. The van der Waals surface area contributed by atoms with Crippen LogP contribution < -0.4 is 10.6 Å². The van der Waals surface area contributed by atoms with Gasteiger partial charge < -0.3 is 10.6 Å². The van der Waals surface area contributed by atoms with E-state index >= 15 is 0 Å². The standard InChI is InChI=1S/C18H14ClN3O/c19-13-6-7-16-15(11-13)18(12-4-5-12,22-17(23)21-16)9-8-14-3-1-2-10-20-14/h1-3,6-7,10-12H,4-5H2,(H2,21,22,23)/t18-/m0/s1. The molecule has 2 amide bonds. The van der Waals surface area contributed by atoms with Crippen molar-refractivity contribution in [3.63, 3.8) is 0 Å². The van der Waals surface area contributed by atoms with E-state index in [-0.39, 0.29) is 6.03 Å². The average molecular weight is 324 g/mol. The van der Waals surface area contributed by atoms with Crippen LogP contribution in [0.3, 0.4) is 0 Å². The lowest BCUT2D eigenvalue weighted by molar-refractivity contribution is 0.238. The zero-order chi connectivity index (χ0) is 15.9. The van der Waals surface area contributed by atoms with Crippen LogP contribution in [0.2, 0.25) is 5.02 Å². The molecule has 1 aliphatic carbocycles. The zero-order valence-corrected chi connectivity index (χ0v) is 13.0. The fourth-order valence-electron chi connectivity index (χ4n) is 2.99. The molecule has 2 aromatic rings. The van der Waals surface area contributed by atoms with Gasteiger partial charge in [0.1, 0.15) is 11.2 Å². The topological polar surface area (TPSA) is 54.0 Å². The number of halogens is 1. The maximum absolute atomic E-state index is 12.1. The van der Waals surface area contributed by atoms with Crippen LogP contribution in [0.4, 0.5) is 10.5 Å². The lowest BCUT2D eigenvalue weighted by Crippen LogP contribution is -2.52. The van der Waals surface area contributed by atoms with Gasteiger partial charge in [0.15, 0.2) is 0 Å². The van der Waals surface area contributed by atoms with Gasteiger partial charge in [-0.1, -0.05) is 23.6 Å². The third-order valence-corrected chi connectivity index (χ3v) is 4.44. The van der Waals surface area contributed by atoms with Crippen molar-refractivity contribution in [2.45, 2.75) is 18.4 Å². The Morgan fingerprint density at radius 2 is 2.13 bits per heavy atom. The van der Waals surface area contributed by atoms with Gasteiger partial charge in [-0.05, 0) is 55.0 Å². The monoisotopic (exact) mass is 323 g/mol. The number of carbonyl (C=O) groups is 1. The van der Waals surface area contributed by atoms with E-state index in [0.29, 0.717) is 16.6 Å². The van der Waals surface area contributed by atoms with Gasteiger partial charge in [0.2, 0.25) is 0 Å². The molecule has 0 spiro atoms. The van der Waals surface area contributed by atoms with Crippen molar-refractivity contribution in [2.24, 2.45) is 5.92 Å². The minimum atomic E-state index is -0.708. The number of rotatable bonds is 1. The van der Waals surface area contributed by atoms with Crippen LogP contribution in [0.5, 0.6) is 0 Å². The van der Waals surface area contributed by atoms with Gasteiger partial charge in [0, 0.05) is 22.5 Å². The molecular formula is C18H14ClN3O. The highest BCUT2D eigenvalue weighted by molar-refractivity contribution is 6.30. The molecule has 2 aliphatic rings. The van der Waals surface area contributed by atoms with Crippen molar-refractivity contribution >= 4 is 23.3 Å². The third kappa shape index (κ3) is 2.54. The number of anilines is 1. The number of urea groups is 1. The number of fused-ring (bicyclic) bond motifs is 1. The summed E-state index contributed by atoms with van der Waals surface area (Å²) in [5.74, 6) is 6.69. The van der Waals surface area contributed by atoms with Crippen molar-refractivity contribution < 1.29 is 4.79 Å². The molecule has 2 heterocycles. The Balaban J connectivity index is 1.87. The van der Waals surface area contributed by atoms with Crippen LogP contribution in [0, 0.1) is 17.8 Å². The highest BCUT2D eigenvalue weighted by atomic mass is 35.5. The second-order valence-electron chi connectivity index (χ2n) is 5.82. The van der Waals surface area contributed by atoms with Gasteiger partial charge >= 0.3 is 6.03 Å². The normalized spacial score (nSPS) is 22.2. The first-order chi connectivity index (χ1) is 11.2. The zero-order valence-electron chi connectivity index (χ0n) is 12.3. The van der Waals surface area contributed by atoms with E-state index in [4.69, 9.17) is 11.6 Å². The van der Waals surface area contributed by atoms with Crippen molar-refractivity contribution in [1.29, 1.82) is 0 Å². The first-order valence-electron chi connectivity index (χ1n) is 7.51. The quantitative estimate of drug-likeness (QED) is 0.789. The third-order valence-electron chi connectivity index (χ3n) is 4.21. The fraction of sp³-hybridized carbons (Fsp3) is 0.222. The average Bonchev–Trinajstić information content (AvgIpc) is 3.39. The van der Waals surface area contributed by atoms with Gasteiger partial charge in [-0.25, -0.2) is 9.78 Å². The number of nitrogens with one attached hydrogen (secondary N) is 2. The Hall–Kier alpha value is -2.51. The molecule has 0 unspecified atom stereocenters. The second-order valence-corrected chi connectivity index (χ2v) is 6.25. The molecule has 114 valence electrons. The van der Waals surface area contributed by atoms with Gasteiger partial charge in [-0.2, -0.15) is 0 Å². The molecule has 23 heavy (non-hydrogen) atoms. The predicted molar refractivity (Wildman–Crippen MR) is 89.1 cm³/mol. The molecule has 1 aliphatic heterocycles. The number of carbonyl (C=O) groups excluding carboxylic acids is 1. The lowest BCUT2D eigenvalue weighted by atomic mass is 9.83. The summed E-state index contributed by atoms with van der Waals surface area (Å²) in [5, 5.41) is 6.50. The highest BCUT2D eigenvalue weighted by Gasteiger charge is 2.50. The van der Waals surface area contributed by atoms with E-state index in [9.17, 15) is 4.79 Å². The molecular weight excluding hydrogens is 310 g/mol. The lowest BCUT2D eigenvalue weighted by Gasteiger charge is -2.36. The molecule has 4 rings (SSSR count). The largest absolute Gasteiger partial charge is 0.320 e. The minimum absolute atomic E-state index is 0.234. The molecule has 1 saturated carbocycles. The van der Waals surface area contributed by atoms with Gasteiger partial charge in [-0.3, -0.25) is 0 Å². The Bertz CT molecular complexity index is 836. The van der Waals surface area contributed by atoms with Crippen LogP contribution in [-0.2, 0) is 5.54 Å². The molecule has 1 atom stereocenters. The number of benzene rings is 1. The Morgan fingerprint density at radius 1 is 1.26 bits per heavy atom. The van der Waals surface area contributed by atoms with Crippen LogP contribution in [0.15, 0.2) is 42.6 Å². The molecule has 2 N–H and O–H groups in total. The Morgan fingerprint density at radius 3 is 2.87 bits per heavy atom. The van der Waals surface area contributed by atoms with Gasteiger partial charge in [-0.15, -0.1) is 0 Å². The van der Waals surface area contributed by atoms with E-state index in [1.54, 1.807) is 12.3 Å². The summed E-state index contributed by atoms with van der Waals surface area (Å²) in [6, 6.07) is 10.9. The van der Waals surface area contributed by atoms with Crippen LogP contribution in [0.25, 0.3) is 0 Å². The van der Waals surface area contributed by atoms with E-state index < -0.39 is 5.54 Å². The second kappa shape index (κ2) is 5.29. The van der Waals surface area contributed by atoms with Gasteiger partial charge in [0.25, 0.3) is 0 Å². The number of aromatic nitrogens is 1. The van der Waals surface area contributed by atoms with Crippen LogP contribution >= 0.6 is 11.6 Å². The summed E-state index contributed by atoms with van der Waals surface area (Å²) in [6.45, 7) is 0. The summed E-state index contributed by atoms with van der Waals surface area (Å²) in [4.78, 5) is 16.4. The number of amides is 2. The van der Waals surface area contributed by atoms with Crippen molar-refractivity contribution in [2.75, 3.05) is 5.32 Å². The minimum Gasteiger partial charge on any atom is -0.317 e. The van der Waals surface area contributed by atoms with Crippen LogP contribution in [0.1, 0.15) is 24.1 Å². The smallest absolute Gasteiger partial charge is 0.317 e. The number of hydrogen-bond acceptors (Lipinski definition) is 2. The SMILES string of the molecule is O=C1Nc2ccc(Cl)cc2[C@](C#Cc2ccccn2)(C2CC2)N1. The highest BCUT2D eigenvalue weighted by Crippen LogP contribution is 2.49. The molecule has 5 heteroatoms.